The first kappa shape index (κ1) is 12.5. The first-order chi connectivity index (χ1) is 7.59. The highest BCUT2D eigenvalue weighted by Gasteiger charge is 2.11. The van der Waals surface area contributed by atoms with Gasteiger partial charge in [0, 0.05) is 6.08 Å². The lowest BCUT2D eigenvalue weighted by Gasteiger charge is -2.08. The summed E-state index contributed by atoms with van der Waals surface area (Å²) >= 11 is 0. The molecule has 0 fully saturated rings. The molecule has 16 heavy (non-hydrogen) atoms. The molecule has 88 valence electrons. The van der Waals surface area contributed by atoms with Gasteiger partial charge >= 0.3 is 5.97 Å². The Morgan fingerprint density at radius 3 is 2.94 bits per heavy atom. The van der Waals surface area contributed by atoms with Gasteiger partial charge in [-0.05, 0) is 32.4 Å². The largest absolute Gasteiger partial charge is 0.465 e. The number of hydrogen-bond acceptors (Lipinski definition) is 4. The average molecular weight is 224 g/mol. The van der Waals surface area contributed by atoms with Crippen LogP contribution in [0, 0.1) is 0 Å². The van der Waals surface area contributed by atoms with Crippen LogP contribution in [0.25, 0.3) is 0 Å². The lowest BCUT2D eigenvalue weighted by Crippen LogP contribution is -2.05. The highest BCUT2D eigenvalue weighted by atomic mass is 16.5. The van der Waals surface area contributed by atoms with Crippen molar-refractivity contribution in [2.45, 2.75) is 32.5 Å². The Labute approximate surface area is 94.5 Å². The van der Waals surface area contributed by atoms with Gasteiger partial charge in [-0.3, -0.25) is 0 Å². The highest BCUT2D eigenvalue weighted by molar-refractivity contribution is 5.82. The molecular formula is C12H16O4. The van der Waals surface area contributed by atoms with E-state index >= 15 is 0 Å². The topological polar surface area (TPSA) is 59.7 Å². The Morgan fingerprint density at radius 2 is 2.38 bits per heavy atom. The zero-order valence-corrected chi connectivity index (χ0v) is 9.42. The minimum absolute atomic E-state index is 0.404. The summed E-state index contributed by atoms with van der Waals surface area (Å²) in [7, 11) is 0. The molecule has 0 aromatic carbocycles. The van der Waals surface area contributed by atoms with Gasteiger partial charge in [0.15, 0.2) is 6.10 Å². The summed E-state index contributed by atoms with van der Waals surface area (Å²) in [6.07, 6.45) is 4.01. The Bertz CT molecular complexity index is 338. The van der Waals surface area contributed by atoms with Crippen LogP contribution in [0.3, 0.4) is 0 Å². The number of carbonyl (C=O) groups excluding carboxylic acids is 1. The van der Waals surface area contributed by atoms with Crippen LogP contribution in [-0.2, 0) is 9.53 Å². The number of hydrogen-bond donors (Lipinski definition) is 1. The molecule has 0 aliphatic rings. The SMILES string of the molecule is C[C@H](O)C/C=C/C(=O)O[C@@H](C)c1ccco1. The predicted octanol–water partition coefficient (Wildman–Crippen LogP) is 2.21. The number of esters is 1. The van der Waals surface area contributed by atoms with E-state index < -0.39 is 18.2 Å². The molecule has 0 amide bonds. The fourth-order valence-electron chi connectivity index (χ4n) is 1.16. The van der Waals surface area contributed by atoms with Gasteiger partial charge < -0.3 is 14.3 Å². The van der Waals surface area contributed by atoms with Gasteiger partial charge in [0.1, 0.15) is 5.76 Å². The average Bonchev–Trinajstić information content (AvgIpc) is 2.69. The maximum atomic E-state index is 11.3. The first-order valence-electron chi connectivity index (χ1n) is 5.18. The number of carbonyl (C=O) groups is 1. The third-order valence-electron chi connectivity index (χ3n) is 1.97. The minimum Gasteiger partial charge on any atom is -0.465 e. The molecule has 1 aromatic heterocycles. The van der Waals surface area contributed by atoms with Crippen molar-refractivity contribution in [1.29, 1.82) is 0 Å². The molecule has 1 N–H and O–H groups in total. The van der Waals surface area contributed by atoms with Crippen LogP contribution in [0.1, 0.15) is 32.1 Å². The number of ether oxygens (including phenoxy) is 1. The predicted molar refractivity (Wildman–Crippen MR) is 58.7 cm³/mol. The molecule has 1 aromatic rings. The fourth-order valence-corrected chi connectivity index (χ4v) is 1.16. The lowest BCUT2D eigenvalue weighted by molar-refractivity contribution is -0.143. The van der Waals surface area contributed by atoms with Crippen LogP contribution < -0.4 is 0 Å². The smallest absolute Gasteiger partial charge is 0.331 e. The van der Waals surface area contributed by atoms with Crippen molar-refractivity contribution in [3.8, 4) is 0 Å². The second-order valence-electron chi connectivity index (χ2n) is 3.58. The van der Waals surface area contributed by atoms with Crippen molar-refractivity contribution in [3.63, 3.8) is 0 Å². The van der Waals surface area contributed by atoms with Gasteiger partial charge in [-0.15, -0.1) is 0 Å². The Hall–Kier alpha value is -1.55. The van der Waals surface area contributed by atoms with Gasteiger partial charge in [-0.2, -0.15) is 0 Å². The van der Waals surface area contributed by atoms with Crippen molar-refractivity contribution >= 4 is 5.97 Å². The van der Waals surface area contributed by atoms with Crippen molar-refractivity contribution < 1.29 is 19.1 Å². The number of aliphatic hydroxyl groups excluding tert-OH is 1. The lowest BCUT2D eigenvalue weighted by atomic mass is 10.2. The van der Waals surface area contributed by atoms with Crippen LogP contribution in [-0.4, -0.2) is 17.2 Å². The molecule has 4 heteroatoms. The van der Waals surface area contributed by atoms with Gasteiger partial charge in [0.25, 0.3) is 0 Å². The van der Waals surface area contributed by atoms with E-state index in [-0.39, 0.29) is 0 Å². The summed E-state index contributed by atoms with van der Waals surface area (Å²) in [5.41, 5.74) is 0. The van der Waals surface area contributed by atoms with Gasteiger partial charge in [0.2, 0.25) is 0 Å². The van der Waals surface area contributed by atoms with E-state index in [0.717, 1.165) is 0 Å². The normalized spacial score (nSPS) is 14.9. The van der Waals surface area contributed by atoms with E-state index in [1.807, 2.05) is 0 Å². The molecule has 0 unspecified atom stereocenters. The molecule has 2 atom stereocenters. The van der Waals surface area contributed by atoms with Gasteiger partial charge in [0.05, 0.1) is 12.4 Å². The van der Waals surface area contributed by atoms with Gasteiger partial charge in [-0.25, -0.2) is 4.79 Å². The Kier molecular flexibility index (Phi) is 4.79. The zero-order chi connectivity index (χ0) is 12.0. The summed E-state index contributed by atoms with van der Waals surface area (Å²) in [6, 6.07) is 3.49. The standard InChI is InChI=1S/C12H16O4/c1-9(13)5-3-7-12(14)16-10(2)11-6-4-8-15-11/h3-4,6-10,13H,5H2,1-2H3/b7-3+/t9-,10-/m0/s1. The molecule has 0 aliphatic carbocycles. The van der Waals surface area contributed by atoms with Crippen molar-refractivity contribution in [3.05, 3.63) is 36.3 Å². The summed E-state index contributed by atoms with van der Waals surface area (Å²) in [4.78, 5) is 11.3. The highest BCUT2D eigenvalue weighted by Crippen LogP contribution is 2.16. The summed E-state index contributed by atoms with van der Waals surface area (Å²) in [5.74, 6) is 0.168. The minimum atomic E-state index is -0.452. The number of rotatable bonds is 5. The Balaban J connectivity index is 2.37. The van der Waals surface area contributed by atoms with Crippen LogP contribution in [0.15, 0.2) is 35.0 Å². The molecule has 0 bridgehead atoms. The molecule has 0 saturated carbocycles. The quantitative estimate of drug-likeness (QED) is 0.615. The second-order valence-corrected chi connectivity index (χ2v) is 3.58. The molecule has 0 radical (unpaired) electrons. The third-order valence-corrected chi connectivity index (χ3v) is 1.97. The molecule has 4 nitrogen and oxygen atoms in total. The second kappa shape index (κ2) is 6.12. The van der Waals surface area contributed by atoms with Crippen molar-refractivity contribution in [2.75, 3.05) is 0 Å². The number of furan rings is 1. The van der Waals surface area contributed by atoms with Crippen LogP contribution >= 0.6 is 0 Å². The summed E-state index contributed by atoms with van der Waals surface area (Å²) in [6.45, 7) is 3.39. The van der Waals surface area contributed by atoms with Crippen molar-refractivity contribution in [2.24, 2.45) is 0 Å². The van der Waals surface area contributed by atoms with E-state index in [9.17, 15) is 4.79 Å². The molecular weight excluding hydrogens is 208 g/mol. The molecule has 0 spiro atoms. The molecule has 0 aliphatic heterocycles. The van der Waals surface area contributed by atoms with Gasteiger partial charge in [-0.1, -0.05) is 6.08 Å². The summed E-state index contributed by atoms with van der Waals surface area (Å²) in [5, 5.41) is 8.98. The monoisotopic (exact) mass is 224 g/mol. The van der Waals surface area contributed by atoms with E-state index in [1.165, 1.54) is 12.3 Å². The fraction of sp³-hybridized carbons (Fsp3) is 0.417. The maximum Gasteiger partial charge on any atom is 0.331 e. The zero-order valence-electron chi connectivity index (χ0n) is 9.42. The molecule has 1 heterocycles. The first-order valence-corrected chi connectivity index (χ1v) is 5.18. The van der Waals surface area contributed by atoms with E-state index in [4.69, 9.17) is 14.3 Å². The van der Waals surface area contributed by atoms with Crippen LogP contribution in [0.2, 0.25) is 0 Å². The third kappa shape index (κ3) is 4.31. The molecule has 1 rings (SSSR count). The summed E-state index contributed by atoms with van der Waals surface area (Å²) < 4.78 is 10.2. The van der Waals surface area contributed by atoms with E-state index in [2.05, 4.69) is 0 Å². The van der Waals surface area contributed by atoms with Crippen molar-refractivity contribution in [1.82, 2.24) is 0 Å². The van der Waals surface area contributed by atoms with Crippen LogP contribution in [0.5, 0.6) is 0 Å². The Morgan fingerprint density at radius 1 is 1.62 bits per heavy atom. The number of aliphatic hydroxyl groups is 1. The molecule has 0 saturated heterocycles. The van der Waals surface area contributed by atoms with E-state index in [1.54, 1.807) is 32.1 Å². The van der Waals surface area contributed by atoms with Crippen LogP contribution in [0.4, 0.5) is 0 Å². The maximum absolute atomic E-state index is 11.3. The van der Waals surface area contributed by atoms with E-state index in [0.29, 0.717) is 12.2 Å².